The molecule has 0 aliphatic heterocycles. The molecule has 14 heavy (non-hydrogen) atoms. The zero-order valence-electron chi connectivity index (χ0n) is 7.21. The Balaban J connectivity index is 1.84. The van der Waals surface area contributed by atoms with Crippen LogP contribution in [0.4, 0.5) is 8.78 Å². The molecule has 0 spiro atoms. The molecule has 1 fully saturated rings. The number of rotatable bonds is 3. The van der Waals surface area contributed by atoms with Crippen molar-refractivity contribution in [2.45, 2.75) is 12.3 Å². The summed E-state index contributed by atoms with van der Waals surface area (Å²) in [5.74, 6) is -2.76. The smallest absolute Gasteiger partial charge is 0.255 e. The minimum Gasteiger partial charge on any atom is -0.477 e. The maximum atomic E-state index is 12.5. The van der Waals surface area contributed by atoms with Crippen LogP contribution in [0, 0.1) is 5.92 Å². The molecule has 1 atom stereocenters. The fourth-order valence-electron chi connectivity index (χ4n) is 1.08. The Labute approximate surface area is 88.4 Å². The topological polar surface area (TPSA) is 22.1 Å². The maximum absolute atomic E-state index is 12.5. The first-order valence-electron chi connectivity index (χ1n) is 4.20. The van der Waals surface area contributed by atoms with E-state index in [0.717, 1.165) is 4.47 Å². The Morgan fingerprint density at radius 1 is 1.57 bits per heavy atom. The van der Waals surface area contributed by atoms with Gasteiger partial charge < -0.3 is 4.74 Å². The summed E-state index contributed by atoms with van der Waals surface area (Å²) in [5, 5.41) is 0. The van der Waals surface area contributed by atoms with E-state index >= 15 is 0 Å². The van der Waals surface area contributed by atoms with E-state index in [1.165, 1.54) is 0 Å². The van der Waals surface area contributed by atoms with Crippen LogP contribution in [-0.2, 0) is 0 Å². The molecule has 0 saturated heterocycles. The average molecular weight is 264 g/mol. The lowest BCUT2D eigenvalue weighted by Gasteiger charge is -2.03. The van der Waals surface area contributed by atoms with Gasteiger partial charge in [-0.2, -0.15) is 0 Å². The van der Waals surface area contributed by atoms with Crippen molar-refractivity contribution >= 4 is 15.9 Å². The van der Waals surface area contributed by atoms with Gasteiger partial charge in [0.05, 0.1) is 12.5 Å². The molecule has 0 amide bonds. The number of aromatic nitrogens is 1. The lowest BCUT2D eigenvalue weighted by atomic mass is 10.4. The van der Waals surface area contributed by atoms with Gasteiger partial charge in [0, 0.05) is 23.2 Å². The molecule has 1 saturated carbocycles. The van der Waals surface area contributed by atoms with Crippen molar-refractivity contribution in [1.29, 1.82) is 0 Å². The summed E-state index contributed by atoms with van der Waals surface area (Å²) in [6.07, 6.45) is 1.50. The van der Waals surface area contributed by atoms with Crippen LogP contribution in [0.1, 0.15) is 6.42 Å². The van der Waals surface area contributed by atoms with E-state index in [1.54, 1.807) is 18.3 Å². The molecule has 1 heterocycles. The first-order valence-corrected chi connectivity index (χ1v) is 4.99. The van der Waals surface area contributed by atoms with Gasteiger partial charge in [-0.3, -0.25) is 0 Å². The highest BCUT2D eigenvalue weighted by atomic mass is 79.9. The minimum atomic E-state index is -2.52. The Hall–Kier alpha value is -0.710. The van der Waals surface area contributed by atoms with Crippen molar-refractivity contribution in [3.63, 3.8) is 0 Å². The number of pyridine rings is 1. The fraction of sp³-hybridized carbons (Fsp3) is 0.444. The van der Waals surface area contributed by atoms with E-state index in [9.17, 15) is 8.78 Å². The van der Waals surface area contributed by atoms with Crippen LogP contribution < -0.4 is 4.74 Å². The number of hydrogen-bond acceptors (Lipinski definition) is 2. The predicted octanol–water partition coefficient (Wildman–Crippen LogP) is 2.88. The SMILES string of the molecule is FC1(F)CC1COc1ccc(Br)cn1. The van der Waals surface area contributed by atoms with Crippen LogP contribution in [0.25, 0.3) is 0 Å². The third kappa shape index (κ3) is 2.20. The van der Waals surface area contributed by atoms with Gasteiger partial charge in [-0.1, -0.05) is 0 Å². The summed E-state index contributed by atoms with van der Waals surface area (Å²) in [5.41, 5.74) is 0. The van der Waals surface area contributed by atoms with Gasteiger partial charge in [0.1, 0.15) is 0 Å². The highest BCUT2D eigenvalue weighted by Gasteiger charge is 2.57. The molecule has 1 aromatic heterocycles. The van der Waals surface area contributed by atoms with Crippen LogP contribution in [-0.4, -0.2) is 17.5 Å². The Kier molecular flexibility index (Phi) is 2.43. The molecule has 1 unspecified atom stereocenters. The van der Waals surface area contributed by atoms with Gasteiger partial charge in [-0.25, -0.2) is 13.8 Å². The van der Waals surface area contributed by atoms with E-state index in [4.69, 9.17) is 4.74 Å². The molecule has 0 aromatic carbocycles. The van der Waals surface area contributed by atoms with E-state index in [0.29, 0.717) is 5.88 Å². The van der Waals surface area contributed by atoms with Crippen molar-refractivity contribution < 1.29 is 13.5 Å². The van der Waals surface area contributed by atoms with Crippen molar-refractivity contribution in [2.75, 3.05) is 6.61 Å². The fourth-order valence-corrected chi connectivity index (χ4v) is 1.32. The van der Waals surface area contributed by atoms with E-state index in [1.807, 2.05) is 0 Å². The second-order valence-corrected chi connectivity index (χ2v) is 4.20. The molecule has 2 nitrogen and oxygen atoms in total. The van der Waals surface area contributed by atoms with E-state index in [2.05, 4.69) is 20.9 Å². The molecular weight excluding hydrogens is 256 g/mol. The maximum Gasteiger partial charge on any atom is 0.255 e. The Morgan fingerprint density at radius 2 is 2.29 bits per heavy atom. The zero-order valence-corrected chi connectivity index (χ0v) is 8.80. The van der Waals surface area contributed by atoms with Gasteiger partial charge in [-0.05, 0) is 22.0 Å². The number of nitrogens with zero attached hydrogens (tertiary/aromatic N) is 1. The van der Waals surface area contributed by atoms with Crippen molar-refractivity contribution in [2.24, 2.45) is 5.92 Å². The van der Waals surface area contributed by atoms with Crippen LogP contribution >= 0.6 is 15.9 Å². The minimum absolute atomic E-state index is 0.0433. The third-order valence-corrected chi connectivity index (χ3v) is 2.56. The highest BCUT2D eigenvalue weighted by molar-refractivity contribution is 9.10. The molecular formula is C9H8BrF2NO. The molecule has 0 bridgehead atoms. The lowest BCUT2D eigenvalue weighted by molar-refractivity contribution is 0.0849. The first-order chi connectivity index (χ1) is 6.58. The van der Waals surface area contributed by atoms with Gasteiger partial charge >= 0.3 is 0 Å². The monoisotopic (exact) mass is 263 g/mol. The summed E-state index contributed by atoms with van der Waals surface area (Å²) in [7, 11) is 0. The van der Waals surface area contributed by atoms with Gasteiger partial charge in [0.15, 0.2) is 0 Å². The molecule has 0 N–H and O–H groups in total. The van der Waals surface area contributed by atoms with Gasteiger partial charge in [0.25, 0.3) is 5.92 Å². The third-order valence-electron chi connectivity index (χ3n) is 2.09. The summed E-state index contributed by atoms with van der Waals surface area (Å²) >= 11 is 3.22. The van der Waals surface area contributed by atoms with Crippen molar-refractivity contribution in [1.82, 2.24) is 4.98 Å². The number of alkyl halides is 2. The van der Waals surface area contributed by atoms with Crippen molar-refractivity contribution in [3.8, 4) is 5.88 Å². The summed E-state index contributed by atoms with van der Waals surface area (Å²) in [4.78, 5) is 3.91. The molecule has 2 rings (SSSR count). The number of hydrogen-bond donors (Lipinski definition) is 0. The summed E-state index contributed by atoms with van der Waals surface area (Å²) in [6.45, 7) is 0.0433. The summed E-state index contributed by atoms with van der Waals surface area (Å²) < 4.78 is 30.9. The second kappa shape index (κ2) is 3.46. The average Bonchev–Trinajstić information content (AvgIpc) is 2.73. The molecule has 1 aromatic rings. The van der Waals surface area contributed by atoms with Gasteiger partial charge in [0.2, 0.25) is 5.88 Å². The largest absolute Gasteiger partial charge is 0.477 e. The Morgan fingerprint density at radius 3 is 2.79 bits per heavy atom. The van der Waals surface area contributed by atoms with Crippen LogP contribution in [0.2, 0.25) is 0 Å². The molecule has 0 radical (unpaired) electrons. The predicted molar refractivity (Wildman–Crippen MR) is 50.5 cm³/mol. The number of halogens is 3. The Bertz CT molecular complexity index is 328. The molecule has 1 aliphatic carbocycles. The second-order valence-electron chi connectivity index (χ2n) is 3.29. The quantitative estimate of drug-likeness (QED) is 0.837. The van der Waals surface area contributed by atoms with Gasteiger partial charge in [-0.15, -0.1) is 0 Å². The lowest BCUT2D eigenvalue weighted by Crippen LogP contribution is -2.06. The normalized spacial score (nSPS) is 23.2. The standard InChI is InChI=1S/C9H8BrF2NO/c10-7-1-2-8(13-4-7)14-5-6-3-9(6,11)12/h1-2,4,6H,3,5H2. The van der Waals surface area contributed by atoms with Crippen molar-refractivity contribution in [3.05, 3.63) is 22.8 Å². The highest BCUT2D eigenvalue weighted by Crippen LogP contribution is 2.48. The molecule has 5 heteroatoms. The van der Waals surface area contributed by atoms with Crippen LogP contribution in [0.5, 0.6) is 5.88 Å². The molecule has 76 valence electrons. The van der Waals surface area contributed by atoms with E-state index < -0.39 is 11.8 Å². The molecule has 1 aliphatic rings. The first kappa shape index (κ1) is 9.83. The van der Waals surface area contributed by atoms with Crippen LogP contribution in [0.3, 0.4) is 0 Å². The summed E-state index contributed by atoms with van der Waals surface area (Å²) in [6, 6.07) is 3.40. The number of ether oxygens (including phenoxy) is 1. The van der Waals surface area contributed by atoms with E-state index in [-0.39, 0.29) is 13.0 Å². The van der Waals surface area contributed by atoms with Crippen LogP contribution in [0.15, 0.2) is 22.8 Å². The zero-order chi connectivity index (χ0) is 10.2.